The van der Waals surface area contributed by atoms with Crippen molar-refractivity contribution in [2.75, 3.05) is 0 Å². The molecule has 0 radical (unpaired) electrons. The van der Waals surface area contributed by atoms with E-state index in [2.05, 4.69) is 0 Å². The van der Waals surface area contributed by atoms with Gasteiger partial charge in [-0.1, -0.05) is 12.8 Å². The number of hydrogen-bond donors (Lipinski definition) is 2. The normalized spacial score (nSPS) is 27.6. The summed E-state index contributed by atoms with van der Waals surface area (Å²) in [4.78, 5) is 0. The molecule has 3 N–H and O–H groups in total. The third kappa shape index (κ3) is 1.96. The Morgan fingerprint density at radius 3 is 2.50 bits per heavy atom. The molecule has 0 aliphatic heterocycles. The van der Waals surface area contributed by atoms with Gasteiger partial charge in [0.2, 0.25) is 0 Å². The molecule has 2 nitrogen and oxygen atoms in total. The lowest BCUT2D eigenvalue weighted by Gasteiger charge is -2.27. The summed E-state index contributed by atoms with van der Waals surface area (Å²) < 4.78 is 0. The molecule has 1 saturated carbocycles. The zero-order valence-corrected chi connectivity index (χ0v) is 6.80. The fourth-order valence-electron chi connectivity index (χ4n) is 1.09. The maximum absolute atomic E-state index is 9.68. The van der Waals surface area contributed by atoms with Crippen molar-refractivity contribution in [1.82, 2.24) is 0 Å². The number of aliphatic hydroxyl groups is 1. The van der Waals surface area contributed by atoms with Crippen LogP contribution in [0.4, 0.5) is 0 Å². The van der Waals surface area contributed by atoms with Gasteiger partial charge in [0.25, 0.3) is 0 Å². The second-order valence-electron chi connectivity index (χ2n) is 3.79. The number of rotatable bonds is 3. The molecule has 0 heterocycles. The maximum Gasteiger partial charge on any atom is 0.0769 e. The van der Waals surface area contributed by atoms with E-state index in [0.717, 1.165) is 12.3 Å². The van der Waals surface area contributed by atoms with Gasteiger partial charge in [0.1, 0.15) is 0 Å². The van der Waals surface area contributed by atoms with Crippen molar-refractivity contribution in [2.24, 2.45) is 11.7 Å². The van der Waals surface area contributed by atoms with Gasteiger partial charge in [0.05, 0.1) is 5.60 Å². The molecule has 0 saturated heterocycles. The van der Waals surface area contributed by atoms with E-state index in [1.54, 1.807) is 0 Å². The first-order valence-electron chi connectivity index (χ1n) is 4.00. The van der Waals surface area contributed by atoms with Gasteiger partial charge in [-0.2, -0.15) is 0 Å². The first-order valence-corrected chi connectivity index (χ1v) is 4.00. The van der Waals surface area contributed by atoms with E-state index in [1.807, 2.05) is 13.8 Å². The van der Waals surface area contributed by atoms with Crippen molar-refractivity contribution in [3.8, 4) is 0 Å². The monoisotopic (exact) mass is 143 g/mol. The minimum absolute atomic E-state index is 0.104. The summed E-state index contributed by atoms with van der Waals surface area (Å²) in [6.07, 6.45) is 3.44. The maximum atomic E-state index is 9.68. The molecule has 0 spiro atoms. The van der Waals surface area contributed by atoms with Crippen LogP contribution in [-0.2, 0) is 0 Å². The molecule has 1 fully saturated rings. The molecule has 1 aliphatic rings. The van der Waals surface area contributed by atoms with E-state index in [0.29, 0.717) is 0 Å². The SMILES string of the molecule is C[C@H](N)[C@@](C)(O)CC1CC1. The summed E-state index contributed by atoms with van der Waals surface area (Å²) >= 11 is 0. The summed E-state index contributed by atoms with van der Waals surface area (Å²) in [7, 11) is 0. The molecule has 0 bridgehead atoms. The molecule has 60 valence electrons. The highest BCUT2D eigenvalue weighted by molar-refractivity contribution is 4.88. The average Bonchev–Trinajstić information content (AvgIpc) is 2.48. The molecule has 10 heavy (non-hydrogen) atoms. The third-order valence-electron chi connectivity index (χ3n) is 2.38. The smallest absolute Gasteiger partial charge is 0.0769 e. The minimum Gasteiger partial charge on any atom is -0.389 e. The molecule has 0 amide bonds. The summed E-state index contributed by atoms with van der Waals surface area (Å²) in [5.41, 5.74) is 4.96. The summed E-state index contributed by atoms with van der Waals surface area (Å²) in [6, 6.07) is -0.104. The number of hydrogen-bond acceptors (Lipinski definition) is 2. The van der Waals surface area contributed by atoms with E-state index in [-0.39, 0.29) is 6.04 Å². The molecule has 2 heteroatoms. The van der Waals surface area contributed by atoms with E-state index in [9.17, 15) is 5.11 Å². The van der Waals surface area contributed by atoms with Crippen molar-refractivity contribution in [3.05, 3.63) is 0 Å². The van der Waals surface area contributed by atoms with Crippen LogP contribution in [0.2, 0.25) is 0 Å². The molecule has 1 rings (SSSR count). The molecular formula is C8H17NO. The highest BCUT2D eigenvalue weighted by Gasteiger charge is 2.33. The van der Waals surface area contributed by atoms with E-state index < -0.39 is 5.60 Å². The van der Waals surface area contributed by atoms with Crippen LogP contribution in [0.25, 0.3) is 0 Å². The van der Waals surface area contributed by atoms with Crippen LogP contribution in [0.1, 0.15) is 33.1 Å². The largest absolute Gasteiger partial charge is 0.389 e. The van der Waals surface area contributed by atoms with Crippen LogP contribution >= 0.6 is 0 Å². The molecule has 2 atom stereocenters. The van der Waals surface area contributed by atoms with Gasteiger partial charge in [0.15, 0.2) is 0 Å². The van der Waals surface area contributed by atoms with Crippen molar-refractivity contribution >= 4 is 0 Å². The number of nitrogens with two attached hydrogens (primary N) is 1. The Morgan fingerprint density at radius 1 is 1.70 bits per heavy atom. The zero-order valence-electron chi connectivity index (χ0n) is 6.80. The first kappa shape index (κ1) is 8.02. The van der Waals surface area contributed by atoms with E-state index in [4.69, 9.17) is 5.73 Å². The fraction of sp³-hybridized carbons (Fsp3) is 1.00. The molecule has 0 unspecified atom stereocenters. The Hall–Kier alpha value is -0.0800. The molecule has 0 aromatic carbocycles. The van der Waals surface area contributed by atoms with E-state index in [1.165, 1.54) is 12.8 Å². The van der Waals surface area contributed by atoms with Crippen molar-refractivity contribution in [1.29, 1.82) is 0 Å². The predicted octanol–water partition coefficient (Wildman–Crippen LogP) is 0.885. The van der Waals surface area contributed by atoms with Crippen LogP contribution in [0.3, 0.4) is 0 Å². The Morgan fingerprint density at radius 2 is 2.20 bits per heavy atom. The highest BCUT2D eigenvalue weighted by atomic mass is 16.3. The molecule has 0 aromatic heterocycles. The van der Waals surface area contributed by atoms with E-state index >= 15 is 0 Å². The van der Waals surface area contributed by atoms with Crippen molar-refractivity contribution < 1.29 is 5.11 Å². The van der Waals surface area contributed by atoms with Crippen LogP contribution in [-0.4, -0.2) is 16.7 Å². The van der Waals surface area contributed by atoms with Gasteiger partial charge in [-0.3, -0.25) is 0 Å². The minimum atomic E-state index is -0.638. The van der Waals surface area contributed by atoms with Crippen molar-refractivity contribution in [3.63, 3.8) is 0 Å². The molecule has 0 aromatic rings. The van der Waals surface area contributed by atoms with Gasteiger partial charge < -0.3 is 10.8 Å². The lowest BCUT2D eigenvalue weighted by molar-refractivity contribution is 0.0245. The first-order chi connectivity index (χ1) is 4.52. The zero-order chi connectivity index (χ0) is 7.78. The second-order valence-corrected chi connectivity index (χ2v) is 3.79. The second kappa shape index (κ2) is 2.51. The predicted molar refractivity (Wildman–Crippen MR) is 41.6 cm³/mol. The topological polar surface area (TPSA) is 46.2 Å². The lowest BCUT2D eigenvalue weighted by Crippen LogP contribution is -2.43. The standard InChI is InChI=1S/C8H17NO/c1-6(9)8(2,10)5-7-3-4-7/h6-7,10H,3-5,9H2,1-2H3/t6-,8-/m0/s1. The Balaban J connectivity index is 2.33. The van der Waals surface area contributed by atoms with Crippen LogP contribution in [0.15, 0.2) is 0 Å². The fourth-order valence-corrected chi connectivity index (χ4v) is 1.09. The molecule has 1 aliphatic carbocycles. The Labute approximate surface area is 62.4 Å². The summed E-state index contributed by atoms with van der Waals surface area (Å²) in [5, 5.41) is 9.68. The van der Waals surface area contributed by atoms with Crippen molar-refractivity contribution in [2.45, 2.75) is 44.8 Å². The van der Waals surface area contributed by atoms with Crippen LogP contribution in [0, 0.1) is 5.92 Å². The average molecular weight is 143 g/mol. The van der Waals surface area contributed by atoms with Gasteiger partial charge in [-0.25, -0.2) is 0 Å². The lowest BCUT2D eigenvalue weighted by atomic mass is 9.92. The van der Waals surface area contributed by atoms with Gasteiger partial charge in [0, 0.05) is 6.04 Å². The Bertz CT molecular complexity index is 116. The van der Waals surface area contributed by atoms with Gasteiger partial charge in [-0.15, -0.1) is 0 Å². The van der Waals surface area contributed by atoms with Gasteiger partial charge >= 0.3 is 0 Å². The summed E-state index contributed by atoms with van der Waals surface area (Å²) in [6.45, 7) is 3.69. The molecular weight excluding hydrogens is 126 g/mol. The quantitative estimate of drug-likeness (QED) is 0.616. The highest BCUT2D eigenvalue weighted by Crippen LogP contribution is 2.37. The Kier molecular flexibility index (Phi) is 2.02. The van der Waals surface area contributed by atoms with Crippen LogP contribution < -0.4 is 5.73 Å². The van der Waals surface area contributed by atoms with Gasteiger partial charge in [-0.05, 0) is 26.2 Å². The van der Waals surface area contributed by atoms with Crippen LogP contribution in [0.5, 0.6) is 0 Å². The summed E-state index contributed by atoms with van der Waals surface area (Å²) in [5.74, 6) is 0.751. The third-order valence-corrected chi connectivity index (χ3v) is 2.38.